The Morgan fingerprint density at radius 3 is 1.67 bits per heavy atom. The molecule has 0 heterocycles. The summed E-state index contributed by atoms with van der Waals surface area (Å²) in [5.41, 5.74) is 0. The molecule has 0 N–H and O–H groups in total. The Labute approximate surface area is 139 Å². The molecule has 0 aliphatic rings. The maximum absolute atomic E-state index is 6.69. The van der Waals surface area contributed by atoms with E-state index in [9.17, 15) is 0 Å². The molecule has 21 heavy (non-hydrogen) atoms. The van der Waals surface area contributed by atoms with E-state index >= 15 is 0 Å². The predicted molar refractivity (Wildman–Crippen MR) is 97.1 cm³/mol. The van der Waals surface area contributed by atoms with Crippen molar-refractivity contribution in [3.05, 3.63) is 0 Å². The minimum atomic E-state index is -0.989. The zero-order valence-corrected chi connectivity index (χ0v) is 16.7. The van der Waals surface area contributed by atoms with Gasteiger partial charge in [-0.15, -0.1) is 0 Å². The number of hydrogen-bond donors (Lipinski definition) is 0. The van der Waals surface area contributed by atoms with Crippen LogP contribution < -0.4 is 0 Å². The second-order valence-electron chi connectivity index (χ2n) is 6.32. The Bertz CT molecular complexity index is 199. The third-order valence-electron chi connectivity index (χ3n) is 4.11. The van der Waals surface area contributed by atoms with Gasteiger partial charge in [0.2, 0.25) is 0 Å². The summed E-state index contributed by atoms with van der Waals surface area (Å²) >= 11 is -0.989. The van der Waals surface area contributed by atoms with Crippen molar-refractivity contribution in [2.24, 2.45) is 0 Å². The minimum Gasteiger partial charge on any atom is -0.487 e. The molecule has 0 amide bonds. The van der Waals surface area contributed by atoms with E-state index in [0.717, 1.165) is 0 Å². The van der Waals surface area contributed by atoms with Gasteiger partial charge in [0.05, 0.1) is 6.23 Å². The van der Waals surface area contributed by atoms with Gasteiger partial charge in [-0.3, -0.25) is 4.90 Å². The Morgan fingerprint density at radius 1 is 0.762 bits per heavy atom. The van der Waals surface area contributed by atoms with E-state index in [1.807, 2.05) is 0 Å². The SMILES string of the molecule is CCCCN(CCCC)C(CCC)[O][Al]([CH2]CC)[CH2]CC. The summed E-state index contributed by atoms with van der Waals surface area (Å²) in [5.74, 6) is 0. The van der Waals surface area contributed by atoms with Crippen LogP contribution in [0.15, 0.2) is 0 Å². The van der Waals surface area contributed by atoms with Crippen molar-refractivity contribution in [2.45, 2.75) is 103 Å². The maximum Gasteiger partial charge on any atom is 0.461 e. The van der Waals surface area contributed by atoms with Crippen molar-refractivity contribution in [3.8, 4) is 0 Å². The summed E-state index contributed by atoms with van der Waals surface area (Å²) in [6.45, 7) is 13.9. The molecule has 0 rings (SSSR count). The highest BCUT2D eigenvalue weighted by Crippen LogP contribution is 2.17. The first-order valence-corrected chi connectivity index (χ1v) is 11.7. The lowest BCUT2D eigenvalue weighted by Crippen LogP contribution is -2.42. The van der Waals surface area contributed by atoms with E-state index < -0.39 is 14.5 Å². The van der Waals surface area contributed by atoms with E-state index in [1.165, 1.54) is 75.0 Å². The van der Waals surface area contributed by atoms with E-state index in [-0.39, 0.29) is 0 Å². The van der Waals surface area contributed by atoms with Crippen LogP contribution in [0.3, 0.4) is 0 Å². The molecule has 0 spiro atoms. The fourth-order valence-corrected chi connectivity index (χ4v) is 5.45. The number of rotatable bonds is 15. The second kappa shape index (κ2) is 15.4. The summed E-state index contributed by atoms with van der Waals surface area (Å²) < 4.78 is 6.69. The van der Waals surface area contributed by atoms with Crippen LogP contribution in [0.1, 0.15) is 86.0 Å². The number of hydrogen-bond acceptors (Lipinski definition) is 2. The van der Waals surface area contributed by atoms with Crippen molar-refractivity contribution in [2.75, 3.05) is 13.1 Å². The van der Waals surface area contributed by atoms with Crippen LogP contribution in [0, 0.1) is 0 Å². The van der Waals surface area contributed by atoms with E-state index in [4.69, 9.17) is 3.79 Å². The third kappa shape index (κ3) is 10.7. The van der Waals surface area contributed by atoms with Crippen LogP contribution in [-0.2, 0) is 3.79 Å². The van der Waals surface area contributed by atoms with E-state index in [0.29, 0.717) is 6.23 Å². The fraction of sp³-hybridized carbons (Fsp3) is 1.00. The molecule has 0 aliphatic carbocycles. The Kier molecular flexibility index (Phi) is 15.7. The van der Waals surface area contributed by atoms with Gasteiger partial charge in [0.25, 0.3) is 0 Å². The van der Waals surface area contributed by atoms with Crippen molar-refractivity contribution in [1.82, 2.24) is 4.90 Å². The van der Waals surface area contributed by atoms with Gasteiger partial charge in [0.1, 0.15) is 0 Å². The molecule has 0 fully saturated rings. The standard InChI is InChI=1S/C12H26NO.2C3H7.Al/c1-4-7-10-13(11-8-5-2)12(14)9-6-3;2*1-3-2;/h12H,4-11H2,1-3H3;2*1,3H2,2H3;/q-1;;;+1. The molecule has 126 valence electrons. The van der Waals surface area contributed by atoms with Gasteiger partial charge in [-0.25, -0.2) is 0 Å². The van der Waals surface area contributed by atoms with Crippen molar-refractivity contribution < 1.29 is 3.79 Å². The molecule has 0 aromatic carbocycles. The normalized spacial score (nSPS) is 12.9. The van der Waals surface area contributed by atoms with Crippen molar-refractivity contribution >= 4 is 14.5 Å². The van der Waals surface area contributed by atoms with E-state index in [2.05, 4.69) is 39.5 Å². The molecule has 0 saturated carbocycles. The summed E-state index contributed by atoms with van der Waals surface area (Å²) in [6, 6.07) is 0. The quantitative estimate of drug-likeness (QED) is 0.278. The van der Waals surface area contributed by atoms with Gasteiger partial charge >= 0.3 is 14.5 Å². The van der Waals surface area contributed by atoms with Gasteiger partial charge in [0.15, 0.2) is 0 Å². The highest BCUT2D eigenvalue weighted by Gasteiger charge is 2.25. The zero-order valence-electron chi connectivity index (χ0n) is 15.5. The second-order valence-corrected chi connectivity index (χ2v) is 8.99. The van der Waals surface area contributed by atoms with Crippen molar-refractivity contribution in [1.29, 1.82) is 0 Å². The van der Waals surface area contributed by atoms with Gasteiger partial charge in [-0.05, 0) is 19.3 Å². The molecular weight excluding hydrogens is 273 g/mol. The fourth-order valence-electron chi connectivity index (χ4n) is 2.85. The topological polar surface area (TPSA) is 12.5 Å². The van der Waals surface area contributed by atoms with Crippen LogP contribution in [0.4, 0.5) is 0 Å². The highest BCUT2D eigenvalue weighted by molar-refractivity contribution is 6.51. The first-order valence-electron chi connectivity index (χ1n) is 9.62. The van der Waals surface area contributed by atoms with Crippen LogP contribution >= 0.6 is 0 Å². The first-order chi connectivity index (χ1) is 10.2. The largest absolute Gasteiger partial charge is 0.487 e. The van der Waals surface area contributed by atoms with Gasteiger partial charge in [0, 0.05) is 13.1 Å². The Hall–Kier alpha value is 0.452. The molecular formula is C18H40AlNO. The van der Waals surface area contributed by atoms with Gasteiger partial charge in [-0.2, -0.15) is 0 Å². The summed E-state index contributed by atoms with van der Waals surface area (Å²) in [5, 5.41) is 2.70. The van der Waals surface area contributed by atoms with Crippen LogP contribution in [0.5, 0.6) is 0 Å². The monoisotopic (exact) mass is 313 g/mol. The number of unbranched alkanes of at least 4 members (excludes halogenated alkanes) is 2. The molecule has 0 aromatic heterocycles. The van der Waals surface area contributed by atoms with Gasteiger partial charge in [-0.1, -0.05) is 77.3 Å². The Balaban J connectivity index is 4.64. The van der Waals surface area contributed by atoms with E-state index in [1.54, 1.807) is 0 Å². The molecule has 2 nitrogen and oxygen atoms in total. The minimum absolute atomic E-state index is 0.405. The average molecular weight is 314 g/mol. The summed E-state index contributed by atoms with van der Waals surface area (Å²) in [7, 11) is 0. The highest BCUT2D eigenvalue weighted by atomic mass is 27.2. The molecule has 1 atom stereocenters. The zero-order chi connectivity index (χ0) is 15.9. The molecule has 0 radical (unpaired) electrons. The lowest BCUT2D eigenvalue weighted by molar-refractivity contribution is 0.0129. The molecule has 1 unspecified atom stereocenters. The summed E-state index contributed by atoms with van der Waals surface area (Å²) in [4.78, 5) is 2.65. The number of nitrogens with zero attached hydrogens (tertiary/aromatic N) is 1. The summed E-state index contributed by atoms with van der Waals surface area (Å²) in [6.07, 6.45) is 10.6. The maximum atomic E-state index is 6.69. The molecule has 0 aromatic rings. The molecule has 0 saturated heterocycles. The first kappa shape index (κ1) is 21.5. The Morgan fingerprint density at radius 2 is 1.29 bits per heavy atom. The molecule has 3 heteroatoms. The lowest BCUT2D eigenvalue weighted by atomic mass is 10.2. The molecule has 0 bridgehead atoms. The van der Waals surface area contributed by atoms with Crippen molar-refractivity contribution in [3.63, 3.8) is 0 Å². The smallest absolute Gasteiger partial charge is 0.461 e. The predicted octanol–water partition coefficient (Wildman–Crippen LogP) is 5.84. The molecule has 0 aliphatic heterocycles. The van der Waals surface area contributed by atoms with Crippen LogP contribution in [-0.4, -0.2) is 38.7 Å². The van der Waals surface area contributed by atoms with Crippen LogP contribution in [0.2, 0.25) is 10.6 Å². The average Bonchev–Trinajstić information content (AvgIpc) is 2.47. The van der Waals surface area contributed by atoms with Crippen LogP contribution in [0.25, 0.3) is 0 Å². The third-order valence-corrected chi connectivity index (χ3v) is 7.25. The lowest BCUT2D eigenvalue weighted by Gasteiger charge is -2.34. The van der Waals surface area contributed by atoms with Gasteiger partial charge < -0.3 is 3.79 Å².